The molecule has 1 fully saturated rings. The van der Waals surface area contributed by atoms with Gasteiger partial charge in [-0.25, -0.2) is 0 Å². The fourth-order valence-corrected chi connectivity index (χ4v) is 2.37. The van der Waals surface area contributed by atoms with Crippen LogP contribution in [0.5, 0.6) is 0 Å². The highest BCUT2D eigenvalue weighted by molar-refractivity contribution is 6.39. The van der Waals surface area contributed by atoms with Gasteiger partial charge in [-0.2, -0.15) is 0 Å². The Kier molecular flexibility index (Phi) is 2.92. The molecule has 1 aliphatic rings. The standard InChI is InChI=1S/C9H9Cl2N3O2/c10-7-1-6(14(15)16)2-8(11)9(7)13-3-5(12)4-13/h1-2,5H,3-4,12H2. The zero-order chi connectivity index (χ0) is 11.9. The van der Waals surface area contributed by atoms with Gasteiger partial charge in [0.25, 0.3) is 5.69 Å². The van der Waals surface area contributed by atoms with Crippen LogP contribution < -0.4 is 10.6 Å². The summed E-state index contributed by atoms with van der Waals surface area (Å²) in [6, 6.07) is 2.71. The van der Waals surface area contributed by atoms with E-state index in [1.54, 1.807) is 0 Å². The van der Waals surface area contributed by atoms with Gasteiger partial charge in [-0.05, 0) is 0 Å². The molecule has 1 aliphatic heterocycles. The van der Waals surface area contributed by atoms with Gasteiger partial charge in [-0.15, -0.1) is 0 Å². The maximum Gasteiger partial charge on any atom is 0.272 e. The summed E-state index contributed by atoms with van der Waals surface area (Å²) in [5.74, 6) is 0. The first kappa shape index (κ1) is 11.4. The van der Waals surface area contributed by atoms with Crippen molar-refractivity contribution >= 4 is 34.6 Å². The minimum atomic E-state index is -0.524. The van der Waals surface area contributed by atoms with Crippen molar-refractivity contribution < 1.29 is 4.92 Å². The summed E-state index contributed by atoms with van der Waals surface area (Å²) in [4.78, 5) is 12.0. The Hall–Kier alpha value is -1.04. The van der Waals surface area contributed by atoms with Gasteiger partial charge >= 0.3 is 0 Å². The predicted molar refractivity (Wildman–Crippen MR) is 63.3 cm³/mol. The second-order valence-corrected chi connectivity index (χ2v) is 4.49. The second-order valence-electron chi connectivity index (χ2n) is 3.68. The van der Waals surface area contributed by atoms with Crippen LogP contribution in [-0.2, 0) is 0 Å². The van der Waals surface area contributed by atoms with Crippen LogP contribution >= 0.6 is 23.2 Å². The number of non-ortho nitro benzene ring substituents is 1. The average Bonchev–Trinajstić information content (AvgIpc) is 2.13. The molecule has 1 aromatic carbocycles. The van der Waals surface area contributed by atoms with E-state index in [-0.39, 0.29) is 21.8 Å². The first-order chi connectivity index (χ1) is 7.49. The minimum Gasteiger partial charge on any atom is -0.366 e. The topological polar surface area (TPSA) is 72.4 Å². The molecule has 0 saturated carbocycles. The number of nitro benzene ring substituents is 1. The lowest BCUT2D eigenvalue weighted by Gasteiger charge is -2.39. The Morgan fingerprint density at radius 1 is 1.38 bits per heavy atom. The highest BCUT2D eigenvalue weighted by Gasteiger charge is 2.28. The van der Waals surface area contributed by atoms with E-state index >= 15 is 0 Å². The van der Waals surface area contributed by atoms with Crippen molar-refractivity contribution in [1.82, 2.24) is 0 Å². The molecular weight excluding hydrogens is 253 g/mol. The van der Waals surface area contributed by atoms with E-state index in [2.05, 4.69) is 0 Å². The Balaban J connectivity index is 2.36. The highest BCUT2D eigenvalue weighted by atomic mass is 35.5. The maximum atomic E-state index is 10.6. The van der Waals surface area contributed by atoms with Gasteiger partial charge in [0.15, 0.2) is 0 Å². The van der Waals surface area contributed by atoms with Gasteiger partial charge in [0, 0.05) is 31.3 Å². The summed E-state index contributed by atoms with van der Waals surface area (Å²) in [6.07, 6.45) is 0. The molecule has 0 aromatic heterocycles. The molecule has 0 bridgehead atoms. The van der Waals surface area contributed by atoms with Crippen LogP contribution in [0.25, 0.3) is 0 Å². The number of anilines is 1. The zero-order valence-corrected chi connectivity index (χ0v) is 9.70. The van der Waals surface area contributed by atoms with Gasteiger partial charge in [-0.3, -0.25) is 10.1 Å². The minimum absolute atomic E-state index is 0.108. The average molecular weight is 262 g/mol. The molecular formula is C9H9Cl2N3O2. The van der Waals surface area contributed by atoms with E-state index in [0.717, 1.165) is 0 Å². The molecule has 0 radical (unpaired) electrons. The van der Waals surface area contributed by atoms with Crippen LogP contribution in [0, 0.1) is 10.1 Å². The van der Waals surface area contributed by atoms with E-state index < -0.39 is 4.92 Å². The maximum absolute atomic E-state index is 10.6. The van der Waals surface area contributed by atoms with Crippen LogP contribution in [0.4, 0.5) is 11.4 Å². The molecule has 2 N–H and O–H groups in total. The SMILES string of the molecule is NC1CN(c2c(Cl)cc([N+](=O)[O-])cc2Cl)C1. The number of halogens is 2. The summed E-state index contributed by atoms with van der Waals surface area (Å²) >= 11 is 11.9. The van der Waals surface area contributed by atoms with Crippen LogP contribution in [0.1, 0.15) is 0 Å². The number of benzene rings is 1. The molecule has 7 heteroatoms. The Bertz CT molecular complexity index is 423. The molecule has 0 unspecified atom stereocenters. The lowest BCUT2D eigenvalue weighted by atomic mass is 10.1. The molecule has 0 amide bonds. The Morgan fingerprint density at radius 3 is 2.25 bits per heavy atom. The number of nitrogens with zero attached hydrogens (tertiary/aromatic N) is 2. The summed E-state index contributed by atoms with van der Waals surface area (Å²) < 4.78 is 0. The van der Waals surface area contributed by atoms with E-state index in [1.165, 1.54) is 12.1 Å². The van der Waals surface area contributed by atoms with Crippen LogP contribution in [0.15, 0.2) is 12.1 Å². The molecule has 2 rings (SSSR count). The molecule has 5 nitrogen and oxygen atoms in total. The molecule has 16 heavy (non-hydrogen) atoms. The third-order valence-corrected chi connectivity index (χ3v) is 3.01. The monoisotopic (exact) mass is 261 g/mol. The first-order valence-corrected chi connectivity index (χ1v) is 5.38. The third-order valence-electron chi connectivity index (χ3n) is 2.44. The predicted octanol–water partition coefficient (Wildman–Crippen LogP) is 2.05. The molecule has 0 atom stereocenters. The third kappa shape index (κ3) is 1.93. The number of nitro groups is 1. The lowest BCUT2D eigenvalue weighted by Crippen LogP contribution is -2.56. The largest absolute Gasteiger partial charge is 0.366 e. The van der Waals surface area contributed by atoms with Gasteiger partial charge < -0.3 is 10.6 Å². The number of nitrogens with two attached hydrogens (primary N) is 1. The smallest absolute Gasteiger partial charge is 0.272 e. The van der Waals surface area contributed by atoms with Crippen LogP contribution in [-0.4, -0.2) is 24.1 Å². The van der Waals surface area contributed by atoms with Gasteiger partial charge in [0.1, 0.15) is 0 Å². The molecule has 0 spiro atoms. The first-order valence-electron chi connectivity index (χ1n) is 4.63. The van der Waals surface area contributed by atoms with Gasteiger partial charge in [0.05, 0.1) is 20.7 Å². The fourth-order valence-electron chi connectivity index (χ4n) is 1.65. The molecule has 1 aromatic rings. The Morgan fingerprint density at radius 2 is 1.88 bits per heavy atom. The molecule has 1 heterocycles. The number of rotatable bonds is 2. The van der Waals surface area contributed by atoms with Crippen LogP contribution in [0.3, 0.4) is 0 Å². The van der Waals surface area contributed by atoms with Crippen molar-refractivity contribution in [3.63, 3.8) is 0 Å². The lowest BCUT2D eigenvalue weighted by molar-refractivity contribution is -0.384. The van der Waals surface area contributed by atoms with Gasteiger partial charge in [-0.1, -0.05) is 23.2 Å². The summed E-state index contributed by atoms with van der Waals surface area (Å²) in [7, 11) is 0. The second kappa shape index (κ2) is 4.08. The summed E-state index contributed by atoms with van der Waals surface area (Å²) in [5, 5.41) is 11.1. The summed E-state index contributed by atoms with van der Waals surface area (Å²) in [6.45, 7) is 1.33. The van der Waals surface area contributed by atoms with E-state index in [4.69, 9.17) is 28.9 Å². The fraction of sp³-hybridized carbons (Fsp3) is 0.333. The van der Waals surface area contributed by atoms with Crippen molar-refractivity contribution in [2.24, 2.45) is 5.73 Å². The van der Waals surface area contributed by atoms with Crippen molar-refractivity contribution in [1.29, 1.82) is 0 Å². The van der Waals surface area contributed by atoms with Gasteiger partial charge in [0.2, 0.25) is 0 Å². The van der Waals surface area contributed by atoms with E-state index in [1.807, 2.05) is 4.90 Å². The van der Waals surface area contributed by atoms with Crippen molar-refractivity contribution in [3.8, 4) is 0 Å². The van der Waals surface area contributed by atoms with E-state index in [0.29, 0.717) is 18.8 Å². The quantitative estimate of drug-likeness (QED) is 0.654. The number of hydrogen-bond donors (Lipinski definition) is 1. The normalized spacial score (nSPS) is 16.1. The zero-order valence-electron chi connectivity index (χ0n) is 8.19. The van der Waals surface area contributed by atoms with Crippen LogP contribution in [0.2, 0.25) is 10.0 Å². The molecule has 1 saturated heterocycles. The van der Waals surface area contributed by atoms with E-state index in [9.17, 15) is 10.1 Å². The van der Waals surface area contributed by atoms with Crippen molar-refractivity contribution in [3.05, 3.63) is 32.3 Å². The number of hydrogen-bond acceptors (Lipinski definition) is 4. The van der Waals surface area contributed by atoms with Crippen molar-refractivity contribution in [2.75, 3.05) is 18.0 Å². The highest BCUT2D eigenvalue weighted by Crippen LogP contribution is 2.38. The van der Waals surface area contributed by atoms with Crippen molar-refractivity contribution in [2.45, 2.75) is 6.04 Å². The summed E-state index contributed by atoms with van der Waals surface area (Å²) in [5.41, 5.74) is 6.16. The molecule has 86 valence electrons. The molecule has 0 aliphatic carbocycles. The Labute approximate surface area is 102 Å².